The highest BCUT2D eigenvalue weighted by Gasteiger charge is 2.79. The summed E-state index contributed by atoms with van der Waals surface area (Å²) in [6, 6.07) is 0. The van der Waals surface area contributed by atoms with Crippen molar-refractivity contribution in [3.05, 3.63) is 0 Å². The van der Waals surface area contributed by atoms with Crippen LogP contribution in [0.4, 0.5) is 0 Å². The van der Waals surface area contributed by atoms with Gasteiger partial charge in [0, 0.05) is 22.2 Å². The lowest BCUT2D eigenvalue weighted by molar-refractivity contribution is -0.173. The van der Waals surface area contributed by atoms with Crippen molar-refractivity contribution in [2.24, 2.45) is 266 Å². The molecule has 0 aromatic heterocycles. The quantitative estimate of drug-likeness (QED) is 0.0699. The molecule has 22 saturated carbocycles. The van der Waals surface area contributed by atoms with Crippen molar-refractivity contribution >= 4 is 71.6 Å². The second-order valence-electron chi connectivity index (χ2n) is 59.1. The number of hydrogen-bond donors (Lipinski definition) is 0. The van der Waals surface area contributed by atoms with Crippen LogP contribution in [0.2, 0.25) is 0 Å². The molecule has 0 amide bonds. The second-order valence-corrected chi connectivity index (χ2v) is 59.1. The van der Waals surface area contributed by atoms with Gasteiger partial charge in [-0.25, -0.2) is 0 Å². The first-order valence-corrected chi connectivity index (χ1v) is 59.8. The van der Waals surface area contributed by atoms with Crippen LogP contribution in [-0.4, -0.2) is 148 Å². The summed E-state index contributed by atoms with van der Waals surface area (Å²) in [5.74, 6) is 21.1. The van der Waals surface area contributed by atoms with Crippen LogP contribution in [0.5, 0.6) is 0 Å². The van der Waals surface area contributed by atoms with E-state index in [2.05, 4.69) is 34.6 Å². The number of esters is 12. The van der Waals surface area contributed by atoms with Gasteiger partial charge in [-0.15, -0.1) is 0 Å². The lowest BCUT2D eigenvalue weighted by Crippen LogP contribution is -2.48. The molecular weight excluding hydrogens is 1890 g/mol. The number of hydrogen-bond acceptors (Lipinski definition) is 24. The van der Waals surface area contributed by atoms with Gasteiger partial charge in [0.1, 0.15) is 36.6 Å². The number of cyclic esters (lactones) is 6. The molecule has 28 rings (SSSR count). The van der Waals surface area contributed by atoms with Crippen molar-refractivity contribution in [3.8, 4) is 0 Å². The number of carbonyl (C=O) groups excluding carboxylic acids is 12. The van der Waals surface area contributed by atoms with E-state index in [1.54, 1.807) is 0 Å². The Hall–Kier alpha value is -6.36. The van der Waals surface area contributed by atoms with Crippen molar-refractivity contribution in [2.75, 3.05) is 39.6 Å². The lowest BCUT2D eigenvalue weighted by atomic mass is 9.58. The molecule has 24 nitrogen and oxygen atoms in total. The predicted octanol–water partition coefficient (Wildman–Crippen LogP) is 22.4. The molecule has 6 aliphatic heterocycles. The minimum absolute atomic E-state index is 0. The van der Waals surface area contributed by atoms with Crippen LogP contribution in [0.25, 0.3) is 0 Å². The topological polar surface area (TPSA) is 316 Å². The van der Waals surface area contributed by atoms with Crippen molar-refractivity contribution in [1.82, 2.24) is 0 Å². The summed E-state index contributed by atoms with van der Waals surface area (Å²) in [6.45, 7) is 44.1. The Morgan fingerprint density at radius 1 is 0.262 bits per heavy atom. The van der Waals surface area contributed by atoms with E-state index in [4.69, 9.17) is 56.8 Å². The fourth-order valence-corrected chi connectivity index (χ4v) is 41.8. The smallest absolute Gasteiger partial charge is 0.312 e. The zero-order valence-corrected chi connectivity index (χ0v) is 92.5. The third kappa shape index (κ3) is 16.5. The monoisotopic (exact) mass is 2070 g/mol. The average molecular weight is 2070 g/mol. The van der Waals surface area contributed by atoms with E-state index in [9.17, 15) is 57.5 Å². The number of rotatable bonds is 18. The van der Waals surface area contributed by atoms with Crippen LogP contribution in [0, 0.1) is 266 Å². The molecule has 46 atom stereocenters. The van der Waals surface area contributed by atoms with Gasteiger partial charge >= 0.3 is 71.6 Å². The first-order valence-electron chi connectivity index (χ1n) is 59.8. The highest BCUT2D eigenvalue weighted by Crippen LogP contribution is 2.81. The maximum Gasteiger partial charge on any atom is 0.312 e. The van der Waals surface area contributed by atoms with Gasteiger partial charge in [-0.1, -0.05) is 70.2 Å². The SMILES string of the molecule is C.C.CCC(C)(C)C(=O)OC1C(C)C2CC1C1(CCOC1=O)C2.CCC(C)(C)C(=O)OC1C(C)C2CC1C1C2C2CC1C1(COC(=O)C1)C2.CCC(C)(C)C(=O)OC1CC2CC1C1C2C2CC1C1(CCOC1=O)C2.CCC(C)(C)C(=O)OC1CC2CC1C1C2C2CC1C1(COC(=O)C1)C2.CCC(C)(C)C(=O)OC1CC2CC1C1C3CC(C21)C1(CCOC1=O)C3.CCC(C)(C)C(=O)OC1CC2CC1C1C3CC(C21)C1(COC(=O)C1)C3. The van der Waals surface area contributed by atoms with Gasteiger partial charge in [-0.05, 0) is 471 Å². The molecule has 0 radical (unpaired) electrons. The van der Waals surface area contributed by atoms with Gasteiger partial charge in [0.05, 0.1) is 108 Å². The number of carbonyl (C=O) groups is 12. The molecule has 6 heterocycles. The zero-order valence-electron chi connectivity index (χ0n) is 92.5. The van der Waals surface area contributed by atoms with E-state index >= 15 is 0 Å². The molecule has 46 unspecified atom stereocenters. The Balaban J connectivity index is 0.000000104. The molecule has 22 aliphatic carbocycles. The highest BCUT2D eigenvalue weighted by molar-refractivity contribution is 5.83. The van der Waals surface area contributed by atoms with Crippen LogP contribution in [0.3, 0.4) is 0 Å². The zero-order chi connectivity index (χ0) is 104. The van der Waals surface area contributed by atoms with Gasteiger partial charge < -0.3 is 56.8 Å². The molecule has 6 saturated heterocycles. The Bertz CT molecular complexity index is 5250. The third-order valence-electron chi connectivity index (χ3n) is 51.0. The summed E-state index contributed by atoms with van der Waals surface area (Å²) in [5, 5.41) is 0. The Kier molecular flexibility index (Phi) is 27.4. The van der Waals surface area contributed by atoms with E-state index in [-0.39, 0.29) is 178 Å². The molecule has 22 bridgehead atoms. The second kappa shape index (κ2) is 37.7. The van der Waals surface area contributed by atoms with E-state index in [1.165, 1.54) is 77.0 Å². The van der Waals surface area contributed by atoms with Gasteiger partial charge in [-0.2, -0.15) is 0 Å². The Morgan fingerprint density at radius 2 is 0.523 bits per heavy atom. The normalized spacial score (nSPS) is 48.2. The minimum atomic E-state index is -0.453. The molecule has 0 aromatic carbocycles. The molecule has 830 valence electrons. The van der Waals surface area contributed by atoms with Crippen LogP contribution in [0.15, 0.2) is 0 Å². The maximum absolute atomic E-state index is 12.7. The summed E-state index contributed by atoms with van der Waals surface area (Å²) < 4.78 is 68.4. The Morgan fingerprint density at radius 3 is 0.859 bits per heavy atom. The predicted molar refractivity (Wildman–Crippen MR) is 552 cm³/mol. The fourth-order valence-electron chi connectivity index (χ4n) is 41.8. The van der Waals surface area contributed by atoms with E-state index in [0.717, 1.165) is 169 Å². The molecule has 149 heavy (non-hydrogen) atoms. The van der Waals surface area contributed by atoms with Crippen molar-refractivity contribution in [3.63, 3.8) is 0 Å². The average Bonchev–Trinajstić information content (AvgIpc) is 1.52. The lowest BCUT2D eigenvalue weighted by Gasteiger charge is -2.47. The molecule has 28 fully saturated rings. The molecule has 28 aliphatic rings. The van der Waals surface area contributed by atoms with E-state index < -0.39 is 16.2 Å². The van der Waals surface area contributed by atoms with Crippen LogP contribution in [-0.2, 0) is 114 Å². The molecule has 0 N–H and O–H groups in total. The number of fused-ring (bicyclic) bond motifs is 53. The van der Waals surface area contributed by atoms with Crippen molar-refractivity contribution < 1.29 is 114 Å². The summed E-state index contributed by atoms with van der Waals surface area (Å²) in [4.78, 5) is 148. The maximum atomic E-state index is 12.7. The van der Waals surface area contributed by atoms with Gasteiger partial charge in [-0.3, -0.25) is 57.5 Å². The molecule has 0 aromatic rings. The molecule has 6 spiro atoms. The summed E-state index contributed by atoms with van der Waals surface area (Å²) >= 11 is 0. The number of ether oxygens (including phenoxy) is 12. The van der Waals surface area contributed by atoms with Gasteiger partial charge in [0.2, 0.25) is 0 Å². The van der Waals surface area contributed by atoms with Crippen molar-refractivity contribution in [2.45, 2.75) is 402 Å². The fraction of sp³-hybridized carbons (Fsp3) is 0.904. The standard InChI is InChI=1S/C22H32O4.4C21H30O4.C17H26O4.2CH4/c1-5-21(3,4)20(24)26-19-11(2)13-7-14(19)18-15-6-12(17(13)18)8-22(15)9-16(23)25-10-22;1-4-20(2,3)19(23)25-15-7-11-5-13(15)17-12-6-14(18(11)17)21(8-12)9-16(22)24-10-21;1-4-20(2,3)19(23)25-15-7-11-5-13(15)18-14-6-12(17(11)18)8-21(14)9-16(22)24-10-21;1-4-20(2,3)18(22)25-15-9-11-7-13(15)16-12-8-14(17(11)16)21(10-12)5-6-24-19(21)23;1-4-20(2,3)18(22)25-15-9-11-7-13(15)17-14-8-12(16(11)17)10-21(14)5-6-24-19(21)23;1-5-16(3,4)14(18)21-13-10(2)11-8-12(13)17(9-11)6-7-20-15(17)19;;/h11-15,17-19H,5-10H2,1-4H3;2*11-15,17-18H,4-10H2,1-3H3;2*11-17H,4-10H2,1-3H3;10-13H,5-9H2,1-4H3;2*1H4. The van der Waals surface area contributed by atoms with Crippen LogP contribution >= 0.6 is 0 Å². The van der Waals surface area contributed by atoms with E-state index in [0.29, 0.717) is 201 Å². The summed E-state index contributed by atoms with van der Waals surface area (Å²) in [7, 11) is 0. The van der Waals surface area contributed by atoms with Gasteiger partial charge in [0.15, 0.2) is 0 Å². The third-order valence-corrected chi connectivity index (χ3v) is 51.0. The Labute approximate surface area is 888 Å². The van der Waals surface area contributed by atoms with Crippen LogP contribution in [0.1, 0.15) is 365 Å². The molecule has 24 heteroatoms. The van der Waals surface area contributed by atoms with E-state index in [1.807, 2.05) is 104 Å². The summed E-state index contributed by atoms with van der Waals surface area (Å²) in [6.07, 6.45) is 33.9. The molecular formula is C125H186O24. The highest BCUT2D eigenvalue weighted by atomic mass is 16.6. The summed E-state index contributed by atoms with van der Waals surface area (Å²) in [5.41, 5.74) is -2.71. The van der Waals surface area contributed by atoms with Gasteiger partial charge in [0.25, 0.3) is 0 Å². The first kappa shape index (κ1) is 108. The van der Waals surface area contributed by atoms with Crippen molar-refractivity contribution in [1.29, 1.82) is 0 Å². The largest absolute Gasteiger partial charge is 0.465 e. The minimum Gasteiger partial charge on any atom is -0.465 e. The van der Waals surface area contributed by atoms with Crippen LogP contribution < -0.4 is 0 Å². The first-order chi connectivity index (χ1) is 69.5.